The van der Waals surface area contributed by atoms with E-state index in [1.54, 1.807) is 19.2 Å². The number of rotatable bonds is 8. The van der Waals surface area contributed by atoms with Crippen molar-refractivity contribution in [2.24, 2.45) is 13.0 Å². The Labute approximate surface area is 184 Å². The van der Waals surface area contributed by atoms with Crippen molar-refractivity contribution >= 4 is 21.8 Å². The highest BCUT2D eigenvalue weighted by Crippen LogP contribution is 2.36. The molecule has 3 heterocycles. The number of carbonyl (C=O) groups is 1. The molecule has 1 saturated heterocycles. The van der Waals surface area contributed by atoms with Crippen LogP contribution in [0.1, 0.15) is 31.2 Å². The van der Waals surface area contributed by atoms with Crippen molar-refractivity contribution in [1.29, 1.82) is 0 Å². The molecule has 13 heteroatoms. The van der Waals surface area contributed by atoms with E-state index in [9.17, 15) is 22.0 Å². The van der Waals surface area contributed by atoms with E-state index in [1.807, 2.05) is 6.92 Å². The fourth-order valence-corrected chi connectivity index (χ4v) is 4.17. The Bertz CT molecular complexity index is 1110. The van der Waals surface area contributed by atoms with Crippen molar-refractivity contribution in [3.8, 4) is 11.4 Å². The predicted octanol–water partition coefficient (Wildman–Crippen LogP) is 1.85. The van der Waals surface area contributed by atoms with Crippen LogP contribution in [0.25, 0.3) is 11.4 Å². The summed E-state index contributed by atoms with van der Waals surface area (Å²) in [5, 5.41) is 17.0. The number of alkyl halides is 2. The summed E-state index contributed by atoms with van der Waals surface area (Å²) in [5.41, 5.74) is 2.16. The molecule has 0 aliphatic carbocycles. The summed E-state index contributed by atoms with van der Waals surface area (Å²) < 4.78 is 57.6. The Morgan fingerprint density at radius 3 is 2.72 bits per heavy atom. The average Bonchev–Trinajstić information content (AvgIpc) is 3.04. The maximum Gasteiger partial charge on any atom is 0.303 e. The molecule has 2 aromatic rings. The van der Waals surface area contributed by atoms with Gasteiger partial charge in [0.25, 0.3) is 16.0 Å². The molecule has 0 spiro atoms. The van der Waals surface area contributed by atoms with E-state index in [0.29, 0.717) is 34.9 Å². The second-order valence-electron chi connectivity index (χ2n) is 7.90. The number of aryl methyl sites for hydroxylation is 2. The number of hydrogen-bond acceptors (Lipinski definition) is 8. The van der Waals surface area contributed by atoms with Crippen LogP contribution in [-0.2, 0) is 39.2 Å². The van der Waals surface area contributed by atoms with Crippen LogP contribution in [0.3, 0.4) is 0 Å². The SMILES string of the molecule is CCc1nc(-c2nnn(C)c2COS(C)(=O)=O)ccc1N1C[C@@H](CC(=O)O)CC(F)(F)C1. The summed E-state index contributed by atoms with van der Waals surface area (Å²) in [6.07, 6.45) is 0.573. The lowest BCUT2D eigenvalue weighted by Crippen LogP contribution is -2.48. The van der Waals surface area contributed by atoms with Gasteiger partial charge in [-0.1, -0.05) is 12.1 Å². The van der Waals surface area contributed by atoms with E-state index in [2.05, 4.69) is 15.3 Å². The maximum atomic E-state index is 14.3. The van der Waals surface area contributed by atoms with Crippen LogP contribution < -0.4 is 4.90 Å². The third-order valence-corrected chi connectivity index (χ3v) is 5.72. The average molecular weight is 474 g/mol. The van der Waals surface area contributed by atoms with Gasteiger partial charge in [-0.05, 0) is 24.5 Å². The Kier molecular flexibility index (Phi) is 6.79. The van der Waals surface area contributed by atoms with Crippen LogP contribution in [0.4, 0.5) is 14.5 Å². The van der Waals surface area contributed by atoms with Crippen molar-refractivity contribution in [1.82, 2.24) is 20.0 Å². The fraction of sp³-hybridized carbons (Fsp3) is 0.579. The topological polar surface area (TPSA) is 128 Å². The smallest absolute Gasteiger partial charge is 0.303 e. The zero-order valence-electron chi connectivity index (χ0n) is 18.0. The van der Waals surface area contributed by atoms with Crippen molar-refractivity contribution in [2.45, 2.75) is 38.7 Å². The van der Waals surface area contributed by atoms with Gasteiger partial charge < -0.3 is 10.0 Å². The minimum Gasteiger partial charge on any atom is -0.481 e. The van der Waals surface area contributed by atoms with E-state index in [4.69, 9.17) is 9.29 Å². The summed E-state index contributed by atoms with van der Waals surface area (Å²) >= 11 is 0. The first-order valence-electron chi connectivity index (χ1n) is 9.96. The van der Waals surface area contributed by atoms with E-state index in [1.165, 1.54) is 9.58 Å². The van der Waals surface area contributed by atoms with Gasteiger partial charge in [0, 0.05) is 20.0 Å². The highest BCUT2D eigenvalue weighted by Gasteiger charge is 2.41. The van der Waals surface area contributed by atoms with E-state index in [-0.39, 0.29) is 19.6 Å². The number of pyridine rings is 1. The van der Waals surface area contributed by atoms with Crippen molar-refractivity contribution in [3.05, 3.63) is 23.5 Å². The first-order valence-corrected chi connectivity index (χ1v) is 11.8. The maximum absolute atomic E-state index is 14.3. The van der Waals surface area contributed by atoms with E-state index < -0.39 is 40.9 Å². The molecule has 0 amide bonds. The molecule has 3 rings (SSSR count). The highest BCUT2D eigenvalue weighted by atomic mass is 32.2. The molecule has 1 aliphatic heterocycles. The van der Waals surface area contributed by atoms with Crippen LogP contribution in [0.5, 0.6) is 0 Å². The molecule has 0 radical (unpaired) electrons. The van der Waals surface area contributed by atoms with Gasteiger partial charge in [-0.25, -0.2) is 18.4 Å². The molecular formula is C19H25F2N5O5S. The monoisotopic (exact) mass is 473 g/mol. The lowest BCUT2D eigenvalue weighted by molar-refractivity contribution is -0.139. The lowest BCUT2D eigenvalue weighted by atomic mass is 9.91. The first kappa shape index (κ1) is 24.0. The van der Waals surface area contributed by atoms with Crippen LogP contribution in [0.2, 0.25) is 0 Å². The third kappa shape index (κ3) is 5.76. The molecule has 0 saturated carbocycles. The molecule has 10 nitrogen and oxygen atoms in total. The zero-order valence-corrected chi connectivity index (χ0v) is 18.8. The summed E-state index contributed by atoms with van der Waals surface area (Å²) in [6.45, 7) is 1.22. The zero-order chi connectivity index (χ0) is 23.7. The minimum absolute atomic E-state index is 0.189. The molecular weight excluding hydrogens is 448 g/mol. The van der Waals surface area contributed by atoms with E-state index in [0.717, 1.165) is 6.26 Å². The molecule has 0 unspecified atom stereocenters. The standard InChI is InChI=1S/C19H25F2N5O5S/c1-4-13-15(26-9-12(7-17(27)28)8-19(20,21)11-26)6-5-14(22-13)18-16(25(2)24-23-18)10-31-32(3,29)30/h5-6,12H,4,7-11H2,1-3H3,(H,27,28)/t12-/m0/s1. The normalized spacial score (nSPS) is 18.7. The minimum atomic E-state index is -3.68. The van der Waals surface area contributed by atoms with Gasteiger partial charge in [-0.15, -0.1) is 5.10 Å². The second kappa shape index (κ2) is 9.06. The molecule has 1 N–H and O–H groups in total. The highest BCUT2D eigenvalue weighted by molar-refractivity contribution is 7.85. The molecule has 1 atom stereocenters. The van der Waals surface area contributed by atoms with Gasteiger partial charge in [0.1, 0.15) is 12.3 Å². The lowest BCUT2D eigenvalue weighted by Gasteiger charge is -2.39. The summed E-state index contributed by atoms with van der Waals surface area (Å²) in [7, 11) is -2.10. The number of hydrogen-bond donors (Lipinski definition) is 1. The molecule has 1 fully saturated rings. The molecule has 0 bridgehead atoms. The number of halogens is 2. The van der Waals surface area contributed by atoms with E-state index >= 15 is 0 Å². The largest absolute Gasteiger partial charge is 0.481 e. The number of aliphatic carboxylic acids is 1. The third-order valence-electron chi connectivity index (χ3n) is 5.17. The first-order chi connectivity index (χ1) is 14.9. The van der Waals surface area contributed by atoms with Crippen molar-refractivity contribution in [3.63, 3.8) is 0 Å². The van der Waals surface area contributed by atoms with Crippen molar-refractivity contribution in [2.75, 3.05) is 24.2 Å². The van der Waals surface area contributed by atoms with Gasteiger partial charge in [-0.3, -0.25) is 8.98 Å². The van der Waals surface area contributed by atoms with Gasteiger partial charge in [0.05, 0.1) is 42.0 Å². The summed E-state index contributed by atoms with van der Waals surface area (Å²) in [6, 6.07) is 3.25. The summed E-state index contributed by atoms with van der Waals surface area (Å²) in [5.74, 6) is -4.80. The second-order valence-corrected chi connectivity index (χ2v) is 9.54. The van der Waals surface area contributed by atoms with Crippen LogP contribution in [-0.4, -0.2) is 64.7 Å². The predicted molar refractivity (Wildman–Crippen MR) is 111 cm³/mol. The number of nitrogens with zero attached hydrogens (tertiary/aromatic N) is 5. The quantitative estimate of drug-likeness (QED) is 0.571. The number of carboxylic acids is 1. The Balaban J connectivity index is 1.93. The van der Waals surface area contributed by atoms with Crippen LogP contribution in [0.15, 0.2) is 12.1 Å². The number of piperidine rings is 1. The molecule has 32 heavy (non-hydrogen) atoms. The van der Waals surface area contributed by atoms with Gasteiger partial charge in [0.15, 0.2) is 0 Å². The Morgan fingerprint density at radius 2 is 2.09 bits per heavy atom. The van der Waals surface area contributed by atoms with Gasteiger partial charge in [0.2, 0.25) is 0 Å². The molecule has 2 aromatic heterocycles. The fourth-order valence-electron chi connectivity index (χ4n) is 3.85. The van der Waals surface area contributed by atoms with Crippen LogP contribution >= 0.6 is 0 Å². The molecule has 1 aliphatic rings. The summed E-state index contributed by atoms with van der Waals surface area (Å²) in [4.78, 5) is 17.1. The van der Waals surface area contributed by atoms with Crippen LogP contribution in [0, 0.1) is 5.92 Å². The molecule has 176 valence electrons. The van der Waals surface area contributed by atoms with Crippen molar-refractivity contribution < 1.29 is 31.3 Å². The Morgan fingerprint density at radius 1 is 1.38 bits per heavy atom. The number of carboxylic acid groups (broad SMARTS) is 1. The Hall–Kier alpha value is -2.67. The number of anilines is 1. The molecule has 0 aromatic carbocycles. The number of aromatic nitrogens is 4. The van der Waals surface area contributed by atoms with Gasteiger partial charge >= 0.3 is 5.97 Å². The van der Waals surface area contributed by atoms with Gasteiger partial charge in [-0.2, -0.15) is 8.42 Å².